The molecule has 0 saturated carbocycles. The summed E-state index contributed by atoms with van der Waals surface area (Å²) in [4.78, 5) is 17.5. The van der Waals surface area contributed by atoms with Gasteiger partial charge in [-0.15, -0.1) is 11.8 Å². The second kappa shape index (κ2) is 8.31. The van der Waals surface area contributed by atoms with Gasteiger partial charge in [0.25, 0.3) is 0 Å². The molecule has 1 aromatic heterocycles. The lowest BCUT2D eigenvalue weighted by atomic mass is 10.1. The van der Waals surface area contributed by atoms with Crippen LogP contribution < -0.4 is 5.32 Å². The number of pyridine rings is 1. The second-order valence-corrected chi connectivity index (χ2v) is 7.30. The Balaban J connectivity index is 1.50. The quantitative estimate of drug-likeness (QED) is 0.621. The average Bonchev–Trinajstić information content (AvgIpc) is 2.60. The maximum atomic E-state index is 12.0. The van der Waals surface area contributed by atoms with Crippen LogP contribution in [0.2, 0.25) is 0 Å². The van der Waals surface area contributed by atoms with Crippen molar-refractivity contribution < 1.29 is 4.79 Å². The van der Waals surface area contributed by atoms with E-state index in [1.165, 1.54) is 11.8 Å². The van der Waals surface area contributed by atoms with Crippen LogP contribution in [0.15, 0.2) is 70.2 Å². The number of hydrogen-bond donors (Lipinski definition) is 1. The molecule has 0 bridgehead atoms. The van der Waals surface area contributed by atoms with Gasteiger partial charge in [0.1, 0.15) is 0 Å². The van der Waals surface area contributed by atoms with Gasteiger partial charge in [-0.1, -0.05) is 46.3 Å². The van der Waals surface area contributed by atoms with Gasteiger partial charge in [-0.25, -0.2) is 0 Å². The van der Waals surface area contributed by atoms with Crippen LogP contribution in [0.3, 0.4) is 0 Å². The van der Waals surface area contributed by atoms with Crippen LogP contribution in [0.4, 0.5) is 0 Å². The van der Waals surface area contributed by atoms with Crippen molar-refractivity contribution >= 4 is 44.5 Å². The number of carbonyl (C=O) groups excluding carboxylic acids is 1. The number of nitrogens with zero attached hydrogens (tertiary/aromatic N) is 1. The number of hydrogen-bond acceptors (Lipinski definition) is 3. The molecule has 0 aliphatic carbocycles. The highest BCUT2D eigenvalue weighted by Gasteiger charge is 2.05. The van der Waals surface area contributed by atoms with Crippen LogP contribution >= 0.6 is 27.7 Å². The zero-order valence-electron chi connectivity index (χ0n) is 13.0. The fourth-order valence-electron chi connectivity index (χ4n) is 2.46. The van der Waals surface area contributed by atoms with Gasteiger partial charge in [-0.05, 0) is 36.2 Å². The summed E-state index contributed by atoms with van der Waals surface area (Å²) in [6, 6.07) is 18.1. The summed E-state index contributed by atoms with van der Waals surface area (Å²) in [5.74, 6) is 0.470. The third-order valence-electron chi connectivity index (χ3n) is 3.60. The number of thioether (sulfide) groups is 1. The van der Waals surface area contributed by atoms with Crippen molar-refractivity contribution in [3.8, 4) is 0 Å². The summed E-state index contributed by atoms with van der Waals surface area (Å²) in [7, 11) is 0. The predicted molar refractivity (Wildman–Crippen MR) is 103 cm³/mol. The molecule has 0 atom stereocenters. The molecule has 2 aromatic carbocycles. The van der Waals surface area contributed by atoms with Gasteiger partial charge in [0.15, 0.2) is 0 Å². The lowest BCUT2D eigenvalue weighted by Gasteiger charge is -2.07. The molecule has 5 heteroatoms. The molecule has 0 aliphatic heterocycles. The molecule has 1 amide bonds. The van der Waals surface area contributed by atoms with Crippen molar-refractivity contribution in [1.29, 1.82) is 0 Å². The van der Waals surface area contributed by atoms with Gasteiger partial charge < -0.3 is 5.32 Å². The molecule has 0 spiro atoms. The van der Waals surface area contributed by atoms with Crippen molar-refractivity contribution in [2.75, 3.05) is 12.3 Å². The maximum Gasteiger partial charge on any atom is 0.230 e. The Morgan fingerprint density at radius 2 is 1.96 bits per heavy atom. The van der Waals surface area contributed by atoms with Crippen LogP contribution in [-0.2, 0) is 11.2 Å². The molecule has 0 saturated heterocycles. The first kappa shape index (κ1) is 17.0. The first-order valence-corrected chi connectivity index (χ1v) is 9.48. The number of para-hydroxylation sites is 1. The molecular formula is C19H17BrN2OS. The summed E-state index contributed by atoms with van der Waals surface area (Å²) in [5.41, 5.74) is 2.17. The van der Waals surface area contributed by atoms with Gasteiger partial charge in [0, 0.05) is 27.5 Å². The zero-order valence-corrected chi connectivity index (χ0v) is 15.4. The highest BCUT2D eigenvalue weighted by atomic mass is 79.9. The smallest absolute Gasteiger partial charge is 0.230 e. The van der Waals surface area contributed by atoms with Crippen molar-refractivity contribution in [2.24, 2.45) is 0 Å². The first-order chi connectivity index (χ1) is 11.7. The van der Waals surface area contributed by atoms with Crippen molar-refractivity contribution in [3.63, 3.8) is 0 Å². The molecule has 0 aliphatic rings. The Morgan fingerprint density at radius 1 is 1.12 bits per heavy atom. The Labute approximate surface area is 154 Å². The van der Waals surface area contributed by atoms with E-state index in [1.807, 2.05) is 36.4 Å². The standard InChI is InChI=1S/C19H17BrN2OS/c20-16-7-2-8-17(12-16)24-13-18(23)21-11-9-15-5-1-4-14-6-3-10-22-19(14)15/h1-8,10,12H,9,11,13H2,(H,21,23). The highest BCUT2D eigenvalue weighted by molar-refractivity contribution is 9.10. The fraction of sp³-hybridized carbons (Fsp3) is 0.158. The molecule has 3 rings (SSSR count). The van der Waals surface area contributed by atoms with E-state index in [1.54, 1.807) is 6.20 Å². The molecule has 1 heterocycles. The largest absolute Gasteiger partial charge is 0.355 e. The predicted octanol–water partition coefficient (Wildman–Crippen LogP) is 4.45. The van der Waals surface area contributed by atoms with Gasteiger partial charge in [0.05, 0.1) is 11.3 Å². The van der Waals surface area contributed by atoms with Crippen LogP contribution in [0.5, 0.6) is 0 Å². The highest BCUT2D eigenvalue weighted by Crippen LogP contribution is 2.21. The van der Waals surface area contributed by atoms with Crippen LogP contribution in [0, 0.1) is 0 Å². The van der Waals surface area contributed by atoms with Gasteiger partial charge in [-0.2, -0.15) is 0 Å². The molecule has 0 unspecified atom stereocenters. The zero-order chi connectivity index (χ0) is 16.8. The number of nitrogens with one attached hydrogen (secondary N) is 1. The topological polar surface area (TPSA) is 42.0 Å². The average molecular weight is 401 g/mol. The van der Waals surface area contributed by atoms with E-state index in [0.29, 0.717) is 12.3 Å². The minimum atomic E-state index is 0.0492. The van der Waals surface area contributed by atoms with Gasteiger partial charge in [0.2, 0.25) is 5.91 Å². The van der Waals surface area contributed by atoms with E-state index in [0.717, 1.165) is 32.3 Å². The van der Waals surface area contributed by atoms with Gasteiger partial charge >= 0.3 is 0 Å². The van der Waals surface area contributed by atoms with E-state index >= 15 is 0 Å². The van der Waals surface area contributed by atoms with E-state index in [2.05, 4.69) is 44.4 Å². The third-order valence-corrected chi connectivity index (χ3v) is 5.09. The summed E-state index contributed by atoms with van der Waals surface area (Å²) >= 11 is 4.97. The van der Waals surface area contributed by atoms with Crippen molar-refractivity contribution in [3.05, 3.63) is 70.8 Å². The normalized spacial score (nSPS) is 10.7. The Hall–Kier alpha value is -1.85. The van der Waals surface area contributed by atoms with Crippen LogP contribution in [0.1, 0.15) is 5.56 Å². The maximum absolute atomic E-state index is 12.0. The van der Waals surface area contributed by atoms with Crippen LogP contribution in [0.25, 0.3) is 10.9 Å². The molecule has 1 N–H and O–H groups in total. The summed E-state index contributed by atoms with van der Waals surface area (Å²) in [5, 5.41) is 4.11. The lowest BCUT2D eigenvalue weighted by Crippen LogP contribution is -2.27. The van der Waals surface area contributed by atoms with Gasteiger partial charge in [-0.3, -0.25) is 9.78 Å². The molecule has 0 radical (unpaired) electrons. The number of amides is 1. The first-order valence-electron chi connectivity index (χ1n) is 7.70. The summed E-state index contributed by atoms with van der Waals surface area (Å²) in [6.45, 7) is 0.619. The lowest BCUT2D eigenvalue weighted by molar-refractivity contribution is -0.118. The van der Waals surface area contributed by atoms with Crippen LogP contribution in [-0.4, -0.2) is 23.2 Å². The van der Waals surface area contributed by atoms with Crippen molar-refractivity contribution in [2.45, 2.75) is 11.3 Å². The number of halogens is 1. The minimum Gasteiger partial charge on any atom is -0.355 e. The molecule has 3 nitrogen and oxygen atoms in total. The number of carbonyl (C=O) groups is 1. The number of fused-ring (bicyclic) bond motifs is 1. The Bertz CT molecular complexity index is 848. The summed E-state index contributed by atoms with van der Waals surface area (Å²) in [6.07, 6.45) is 2.58. The molecule has 3 aromatic rings. The molecule has 122 valence electrons. The number of benzene rings is 2. The second-order valence-electron chi connectivity index (χ2n) is 5.34. The summed E-state index contributed by atoms with van der Waals surface area (Å²) < 4.78 is 1.02. The Morgan fingerprint density at radius 3 is 2.83 bits per heavy atom. The van der Waals surface area contributed by atoms with E-state index in [9.17, 15) is 4.79 Å². The van der Waals surface area contributed by atoms with Crippen molar-refractivity contribution in [1.82, 2.24) is 10.3 Å². The monoisotopic (exact) mass is 400 g/mol. The number of aromatic nitrogens is 1. The number of rotatable bonds is 6. The van der Waals surface area contributed by atoms with E-state index in [-0.39, 0.29) is 5.91 Å². The van der Waals surface area contributed by atoms with E-state index < -0.39 is 0 Å². The van der Waals surface area contributed by atoms with E-state index in [4.69, 9.17) is 0 Å². The SMILES string of the molecule is O=C(CSc1cccc(Br)c1)NCCc1cccc2cccnc12. The fourth-order valence-corrected chi connectivity index (χ4v) is 3.80. The molecular weight excluding hydrogens is 384 g/mol. The Kier molecular flexibility index (Phi) is 5.88. The molecule has 24 heavy (non-hydrogen) atoms. The molecule has 0 fully saturated rings. The minimum absolute atomic E-state index is 0.0492. The third kappa shape index (κ3) is 4.58.